The van der Waals surface area contributed by atoms with Crippen molar-refractivity contribution in [1.29, 1.82) is 0 Å². The van der Waals surface area contributed by atoms with E-state index in [0.29, 0.717) is 11.5 Å². The first-order valence-corrected chi connectivity index (χ1v) is 9.42. The molecule has 2 aliphatic rings. The summed E-state index contributed by atoms with van der Waals surface area (Å²) in [5, 5.41) is 0. The van der Waals surface area contributed by atoms with E-state index >= 15 is 0 Å². The van der Waals surface area contributed by atoms with Gasteiger partial charge in [0.25, 0.3) is 0 Å². The highest BCUT2D eigenvalue weighted by Gasteiger charge is 2.23. The number of esters is 1. The lowest BCUT2D eigenvalue weighted by molar-refractivity contribution is 0.0174. The number of rotatable bonds is 3. The highest BCUT2D eigenvalue weighted by molar-refractivity contribution is 5.89. The van der Waals surface area contributed by atoms with E-state index in [1.165, 1.54) is 44.1 Å². The van der Waals surface area contributed by atoms with Crippen molar-refractivity contribution in [2.45, 2.75) is 84.7 Å². The minimum Gasteiger partial charge on any atom is -0.459 e. The molecule has 0 bridgehead atoms. The van der Waals surface area contributed by atoms with Crippen LogP contribution in [0.5, 0.6) is 0 Å². The summed E-state index contributed by atoms with van der Waals surface area (Å²) in [7, 11) is 0. The van der Waals surface area contributed by atoms with Gasteiger partial charge in [0.15, 0.2) is 0 Å². The molecule has 0 spiro atoms. The Morgan fingerprint density at radius 2 is 1.33 bits per heavy atom. The fourth-order valence-corrected chi connectivity index (χ4v) is 4.05. The lowest BCUT2D eigenvalue weighted by atomic mass is 9.79. The van der Waals surface area contributed by atoms with Crippen molar-refractivity contribution >= 4 is 5.97 Å². The van der Waals surface area contributed by atoms with Gasteiger partial charge in [0, 0.05) is 0 Å². The van der Waals surface area contributed by atoms with Gasteiger partial charge in [0.2, 0.25) is 0 Å². The summed E-state index contributed by atoms with van der Waals surface area (Å²) in [6, 6.07) is 8.20. The molecule has 0 N–H and O–H groups in total. The normalized spacial score (nSPS) is 30.2. The van der Waals surface area contributed by atoms with Crippen LogP contribution in [0.2, 0.25) is 0 Å². The van der Waals surface area contributed by atoms with Crippen LogP contribution in [0.1, 0.15) is 94.5 Å². The van der Waals surface area contributed by atoms with Crippen molar-refractivity contribution in [1.82, 2.24) is 0 Å². The van der Waals surface area contributed by atoms with E-state index in [9.17, 15) is 4.79 Å². The van der Waals surface area contributed by atoms with Crippen molar-refractivity contribution in [2.24, 2.45) is 11.8 Å². The Balaban J connectivity index is 0.00000208. The average molecular weight is 331 g/mol. The van der Waals surface area contributed by atoms with Crippen LogP contribution in [0.15, 0.2) is 24.3 Å². The van der Waals surface area contributed by atoms with Crippen LogP contribution in [0.4, 0.5) is 0 Å². The maximum Gasteiger partial charge on any atom is 0.338 e. The Labute approximate surface area is 148 Å². The Hall–Kier alpha value is -1.31. The summed E-state index contributed by atoms with van der Waals surface area (Å²) in [6.45, 7) is 4.63. The topological polar surface area (TPSA) is 26.3 Å². The van der Waals surface area contributed by atoms with Crippen molar-refractivity contribution < 1.29 is 9.53 Å². The predicted octanol–water partition coefficient (Wildman–Crippen LogP) is 6.35. The minimum absolute atomic E-state index is 0. The smallest absolute Gasteiger partial charge is 0.338 e. The molecule has 0 aromatic heterocycles. The zero-order chi connectivity index (χ0) is 16.2. The van der Waals surface area contributed by atoms with Gasteiger partial charge in [-0.15, -0.1) is 0 Å². The average Bonchev–Trinajstić information content (AvgIpc) is 2.58. The van der Waals surface area contributed by atoms with Crippen LogP contribution >= 0.6 is 0 Å². The summed E-state index contributed by atoms with van der Waals surface area (Å²) in [5.74, 6) is 2.19. The molecule has 0 saturated heterocycles. The van der Waals surface area contributed by atoms with Crippen molar-refractivity contribution in [3.05, 3.63) is 35.4 Å². The lowest BCUT2D eigenvalue weighted by Gasteiger charge is -2.27. The molecule has 1 aromatic rings. The fourth-order valence-electron chi connectivity index (χ4n) is 4.05. The van der Waals surface area contributed by atoms with Gasteiger partial charge < -0.3 is 4.74 Å². The van der Waals surface area contributed by atoms with Gasteiger partial charge in [-0.05, 0) is 74.0 Å². The number of hydrogen-bond acceptors (Lipinski definition) is 2. The van der Waals surface area contributed by atoms with Gasteiger partial charge in [-0.3, -0.25) is 0 Å². The first-order valence-electron chi connectivity index (χ1n) is 9.42. The van der Waals surface area contributed by atoms with Crippen LogP contribution in [0.25, 0.3) is 0 Å². The molecular weight excluding hydrogens is 296 g/mol. The highest BCUT2D eigenvalue weighted by Crippen LogP contribution is 2.35. The molecule has 0 unspecified atom stereocenters. The molecule has 2 nitrogen and oxygen atoms in total. The third kappa shape index (κ3) is 4.84. The quantitative estimate of drug-likeness (QED) is 0.603. The molecule has 24 heavy (non-hydrogen) atoms. The first kappa shape index (κ1) is 19.0. The Kier molecular flexibility index (Phi) is 6.89. The number of hydrogen-bond donors (Lipinski definition) is 0. The summed E-state index contributed by atoms with van der Waals surface area (Å²) < 4.78 is 5.69. The third-order valence-corrected chi connectivity index (χ3v) is 5.87. The second-order valence-corrected chi connectivity index (χ2v) is 7.87. The van der Waals surface area contributed by atoms with Gasteiger partial charge in [0.1, 0.15) is 6.10 Å². The molecular formula is C22H34O2. The van der Waals surface area contributed by atoms with Crippen LogP contribution in [-0.4, -0.2) is 12.1 Å². The van der Waals surface area contributed by atoms with Crippen LogP contribution < -0.4 is 0 Å². The van der Waals surface area contributed by atoms with E-state index in [4.69, 9.17) is 4.74 Å². The summed E-state index contributed by atoms with van der Waals surface area (Å²) in [6.07, 6.45) is 9.74. The number of carbonyl (C=O) groups excluding carboxylic acids is 1. The highest BCUT2D eigenvalue weighted by atomic mass is 16.5. The van der Waals surface area contributed by atoms with Crippen LogP contribution in [-0.2, 0) is 4.74 Å². The largest absolute Gasteiger partial charge is 0.459 e. The number of benzene rings is 1. The predicted molar refractivity (Wildman–Crippen MR) is 100 cm³/mol. The van der Waals surface area contributed by atoms with E-state index < -0.39 is 0 Å². The van der Waals surface area contributed by atoms with Crippen molar-refractivity contribution in [3.8, 4) is 0 Å². The molecule has 2 saturated carbocycles. The minimum atomic E-state index is -0.145. The standard InChI is InChI=1S/C21H30O2.CH4/c1-15-3-7-17(8-4-15)18-9-11-19(12-10-18)21(22)23-20-13-5-16(2)6-14-20;/h9-12,15-17,20H,3-8,13-14H2,1-2H3;1H4. The Morgan fingerprint density at radius 1 is 0.833 bits per heavy atom. The van der Waals surface area contributed by atoms with E-state index in [2.05, 4.69) is 26.0 Å². The van der Waals surface area contributed by atoms with E-state index in [0.717, 1.165) is 24.7 Å². The molecule has 0 atom stereocenters. The van der Waals surface area contributed by atoms with Crippen LogP contribution in [0, 0.1) is 11.8 Å². The first-order chi connectivity index (χ1) is 11.1. The Morgan fingerprint density at radius 3 is 1.88 bits per heavy atom. The van der Waals surface area contributed by atoms with Gasteiger partial charge in [-0.1, -0.05) is 46.2 Å². The number of ether oxygens (including phenoxy) is 1. The molecule has 2 heteroatoms. The molecule has 1 aromatic carbocycles. The molecule has 2 aliphatic carbocycles. The van der Waals surface area contributed by atoms with Crippen molar-refractivity contribution in [3.63, 3.8) is 0 Å². The number of carbonyl (C=O) groups is 1. The second kappa shape index (κ2) is 8.69. The zero-order valence-corrected chi connectivity index (χ0v) is 14.6. The monoisotopic (exact) mass is 330 g/mol. The van der Waals surface area contributed by atoms with Crippen LogP contribution in [0.3, 0.4) is 0 Å². The third-order valence-electron chi connectivity index (χ3n) is 5.87. The van der Waals surface area contributed by atoms with Gasteiger partial charge in [0.05, 0.1) is 5.56 Å². The SMILES string of the molecule is C.CC1CCC(OC(=O)c2ccc(C3CCC(C)CC3)cc2)CC1. The zero-order valence-electron chi connectivity index (χ0n) is 14.6. The Bertz CT molecular complexity index is 503. The maximum atomic E-state index is 12.3. The molecule has 0 radical (unpaired) electrons. The molecule has 134 valence electrons. The van der Waals surface area contributed by atoms with E-state index in [-0.39, 0.29) is 19.5 Å². The molecule has 0 heterocycles. The molecule has 2 fully saturated rings. The van der Waals surface area contributed by atoms with E-state index in [1.54, 1.807) is 0 Å². The summed E-state index contributed by atoms with van der Waals surface area (Å²) in [4.78, 5) is 12.3. The van der Waals surface area contributed by atoms with E-state index in [1.807, 2.05) is 12.1 Å². The molecule has 3 rings (SSSR count). The lowest BCUT2D eigenvalue weighted by Crippen LogP contribution is -2.23. The summed E-state index contributed by atoms with van der Waals surface area (Å²) in [5.41, 5.74) is 2.09. The van der Waals surface area contributed by atoms with Crippen molar-refractivity contribution in [2.75, 3.05) is 0 Å². The molecule has 0 aliphatic heterocycles. The summed E-state index contributed by atoms with van der Waals surface area (Å²) >= 11 is 0. The van der Waals surface area contributed by atoms with Gasteiger partial charge in [-0.2, -0.15) is 0 Å². The second-order valence-electron chi connectivity index (χ2n) is 7.87. The van der Waals surface area contributed by atoms with Gasteiger partial charge >= 0.3 is 5.97 Å². The fraction of sp³-hybridized carbons (Fsp3) is 0.682. The maximum absolute atomic E-state index is 12.3. The molecule has 0 amide bonds. The van der Waals surface area contributed by atoms with Gasteiger partial charge in [-0.25, -0.2) is 4.79 Å².